The van der Waals surface area contributed by atoms with Crippen molar-refractivity contribution in [1.82, 2.24) is 14.8 Å². The van der Waals surface area contributed by atoms with Crippen molar-refractivity contribution >= 4 is 28.3 Å². The Labute approximate surface area is 171 Å². The van der Waals surface area contributed by atoms with E-state index < -0.39 is 0 Å². The van der Waals surface area contributed by atoms with Crippen molar-refractivity contribution < 1.29 is 9.59 Å². The van der Waals surface area contributed by atoms with E-state index in [2.05, 4.69) is 17.2 Å². The molecule has 0 atom stereocenters. The Bertz CT molecular complexity index is 729. The van der Waals surface area contributed by atoms with Gasteiger partial charge >= 0.3 is 0 Å². The maximum atomic E-state index is 13.0. The first-order valence-electron chi connectivity index (χ1n) is 9.72. The summed E-state index contributed by atoms with van der Waals surface area (Å²) in [5, 5.41) is 5.09. The molecule has 0 saturated carbocycles. The lowest BCUT2D eigenvalue weighted by molar-refractivity contribution is -0.116. The van der Waals surface area contributed by atoms with Gasteiger partial charge < -0.3 is 15.1 Å². The second kappa shape index (κ2) is 11.6. The van der Waals surface area contributed by atoms with E-state index in [4.69, 9.17) is 0 Å². The Kier molecular flexibility index (Phi) is 9.10. The van der Waals surface area contributed by atoms with Gasteiger partial charge in [0.1, 0.15) is 6.54 Å². The quantitative estimate of drug-likeness (QED) is 0.584. The van der Waals surface area contributed by atoms with E-state index in [1.165, 1.54) is 29.7 Å². The number of likely N-dealkylation sites (N-methyl/N-ethyl adjacent to an activating group) is 1. The van der Waals surface area contributed by atoms with Crippen LogP contribution >= 0.6 is 11.3 Å². The molecule has 0 aliphatic carbocycles. The molecule has 2 amide bonds. The zero-order valence-corrected chi connectivity index (χ0v) is 17.8. The second-order valence-electron chi connectivity index (χ2n) is 7.07. The van der Waals surface area contributed by atoms with E-state index in [-0.39, 0.29) is 18.4 Å². The number of benzene rings is 1. The first-order valence-corrected chi connectivity index (χ1v) is 10.6. The highest BCUT2D eigenvalue weighted by atomic mass is 32.1. The molecule has 1 heterocycles. The SMILES string of the molecule is CCCCCc1ccc(C(=O)N(CCN(C)C)CC(=O)Nc2nccs2)cc1. The summed E-state index contributed by atoms with van der Waals surface area (Å²) in [6.45, 7) is 3.36. The number of carbonyl (C=O) groups excluding carboxylic acids is 2. The van der Waals surface area contributed by atoms with E-state index in [1.54, 1.807) is 16.5 Å². The van der Waals surface area contributed by atoms with E-state index in [0.717, 1.165) is 12.8 Å². The lowest BCUT2D eigenvalue weighted by Crippen LogP contribution is -2.41. The van der Waals surface area contributed by atoms with E-state index in [0.29, 0.717) is 23.8 Å². The summed E-state index contributed by atoms with van der Waals surface area (Å²) in [5.74, 6) is -0.366. The maximum Gasteiger partial charge on any atom is 0.254 e. The number of thiazole rings is 1. The molecule has 152 valence electrons. The number of unbranched alkanes of at least 4 members (excludes halogenated alkanes) is 2. The molecular weight excluding hydrogens is 372 g/mol. The Morgan fingerprint density at radius 3 is 2.46 bits per heavy atom. The summed E-state index contributed by atoms with van der Waals surface area (Å²) in [6, 6.07) is 7.77. The number of rotatable bonds is 11. The largest absolute Gasteiger partial charge is 0.328 e. The summed E-state index contributed by atoms with van der Waals surface area (Å²) in [4.78, 5) is 33.0. The fraction of sp³-hybridized carbons (Fsp3) is 0.476. The van der Waals surface area contributed by atoms with Crippen LogP contribution < -0.4 is 5.32 Å². The molecule has 2 rings (SSSR count). The predicted molar refractivity (Wildman–Crippen MR) is 115 cm³/mol. The number of anilines is 1. The van der Waals surface area contributed by atoms with Gasteiger partial charge in [-0.3, -0.25) is 9.59 Å². The third kappa shape index (κ3) is 7.40. The molecule has 0 spiro atoms. The minimum Gasteiger partial charge on any atom is -0.328 e. The van der Waals surface area contributed by atoms with Crippen LogP contribution in [0.25, 0.3) is 0 Å². The average molecular weight is 403 g/mol. The van der Waals surface area contributed by atoms with Gasteiger partial charge in [0.25, 0.3) is 5.91 Å². The molecule has 0 aliphatic heterocycles. The topological polar surface area (TPSA) is 65.5 Å². The molecule has 28 heavy (non-hydrogen) atoms. The van der Waals surface area contributed by atoms with Crippen molar-refractivity contribution in [2.24, 2.45) is 0 Å². The molecule has 7 heteroatoms. The first-order chi connectivity index (χ1) is 13.5. The van der Waals surface area contributed by atoms with Crippen LogP contribution in [-0.4, -0.2) is 60.3 Å². The highest BCUT2D eigenvalue weighted by Gasteiger charge is 2.19. The number of nitrogens with zero attached hydrogens (tertiary/aromatic N) is 3. The van der Waals surface area contributed by atoms with Gasteiger partial charge in [-0.05, 0) is 44.6 Å². The van der Waals surface area contributed by atoms with Crippen LogP contribution in [-0.2, 0) is 11.2 Å². The monoisotopic (exact) mass is 402 g/mol. The number of carbonyl (C=O) groups is 2. The van der Waals surface area contributed by atoms with Crippen molar-refractivity contribution in [1.29, 1.82) is 0 Å². The fourth-order valence-corrected chi connectivity index (χ4v) is 3.31. The number of aryl methyl sites for hydroxylation is 1. The number of hydrogen-bond donors (Lipinski definition) is 1. The van der Waals surface area contributed by atoms with Gasteiger partial charge in [-0.15, -0.1) is 11.3 Å². The van der Waals surface area contributed by atoms with Crippen LogP contribution in [0.15, 0.2) is 35.8 Å². The number of amides is 2. The summed E-state index contributed by atoms with van der Waals surface area (Å²) >= 11 is 1.36. The van der Waals surface area contributed by atoms with Crippen molar-refractivity contribution in [2.45, 2.75) is 32.6 Å². The standard InChI is InChI=1S/C21H30N4O2S/c1-4-5-6-7-17-8-10-18(11-9-17)20(27)25(14-13-24(2)3)16-19(26)23-21-22-12-15-28-21/h8-12,15H,4-7,13-14,16H2,1-3H3,(H,22,23,26). The third-order valence-electron chi connectivity index (χ3n) is 4.39. The van der Waals surface area contributed by atoms with Gasteiger partial charge in [-0.1, -0.05) is 31.9 Å². The Morgan fingerprint density at radius 2 is 1.86 bits per heavy atom. The summed E-state index contributed by atoms with van der Waals surface area (Å²) in [6.07, 6.45) is 6.24. The van der Waals surface area contributed by atoms with Gasteiger partial charge in [0, 0.05) is 30.2 Å². The van der Waals surface area contributed by atoms with Gasteiger partial charge in [0.2, 0.25) is 5.91 Å². The van der Waals surface area contributed by atoms with Crippen molar-refractivity contribution in [3.05, 3.63) is 47.0 Å². The van der Waals surface area contributed by atoms with Crippen molar-refractivity contribution in [2.75, 3.05) is 39.0 Å². The molecule has 0 saturated heterocycles. The molecule has 2 aromatic rings. The fourth-order valence-electron chi connectivity index (χ4n) is 2.77. The van der Waals surface area contributed by atoms with E-state index in [1.807, 2.05) is 43.3 Å². The van der Waals surface area contributed by atoms with E-state index >= 15 is 0 Å². The minimum absolute atomic E-state index is 0.00447. The van der Waals surface area contributed by atoms with Gasteiger partial charge in [-0.2, -0.15) is 0 Å². The van der Waals surface area contributed by atoms with Crippen molar-refractivity contribution in [3.8, 4) is 0 Å². The minimum atomic E-state index is -0.238. The smallest absolute Gasteiger partial charge is 0.254 e. The lowest BCUT2D eigenvalue weighted by atomic mass is 10.0. The predicted octanol–water partition coefficient (Wildman–Crippen LogP) is 3.52. The summed E-state index contributed by atoms with van der Waals surface area (Å²) < 4.78 is 0. The number of hydrogen-bond acceptors (Lipinski definition) is 5. The molecule has 1 aromatic heterocycles. The first kappa shape index (κ1) is 22.0. The second-order valence-corrected chi connectivity index (χ2v) is 7.96. The lowest BCUT2D eigenvalue weighted by Gasteiger charge is -2.24. The third-order valence-corrected chi connectivity index (χ3v) is 5.08. The van der Waals surface area contributed by atoms with E-state index in [9.17, 15) is 9.59 Å². The Morgan fingerprint density at radius 1 is 1.11 bits per heavy atom. The molecule has 0 bridgehead atoms. The highest BCUT2D eigenvalue weighted by molar-refractivity contribution is 7.13. The Hall–Kier alpha value is -2.25. The van der Waals surface area contributed by atoms with Gasteiger partial charge in [0.15, 0.2) is 5.13 Å². The molecule has 1 aromatic carbocycles. The molecule has 6 nitrogen and oxygen atoms in total. The molecular formula is C21H30N4O2S. The van der Waals surface area contributed by atoms with Crippen LogP contribution in [0.5, 0.6) is 0 Å². The zero-order valence-electron chi connectivity index (χ0n) is 17.0. The molecule has 0 fully saturated rings. The Balaban J connectivity index is 2.02. The maximum absolute atomic E-state index is 13.0. The normalized spacial score (nSPS) is 10.9. The highest BCUT2D eigenvalue weighted by Crippen LogP contribution is 2.13. The average Bonchev–Trinajstić information content (AvgIpc) is 3.18. The molecule has 1 N–H and O–H groups in total. The summed E-state index contributed by atoms with van der Waals surface area (Å²) in [7, 11) is 3.90. The zero-order chi connectivity index (χ0) is 20.4. The van der Waals surface area contributed by atoms with Crippen LogP contribution in [0.4, 0.5) is 5.13 Å². The molecule has 0 radical (unpaired) electrons. The van der Waals surface area contributed by atoms with Crippen molar-refractivity contribution in [3.63, 3.8) is 0 Å². The molecule has 0 aliphatic rings. The van der Waals surface area contributed by atoms with Crippen LogP contribution in [0.1, 0.15) is 42.1 Å². The number of nitrogens with one attached hydrogen (secondary N) is 1. The number of aromatic nitrogens is 1. The van der Waals surface area contributed by atoms with Gasteiger partial charge in [-0.25, -0.2) is 4.98 Å². The van der Waals surface area contributed by atoms with Crippen LogP contribution in [0, 0.1) is 0 Å². The van der Waals surface area contributed by atoms with Gasteiger partial charge in [0.05, 0.1) is 0 Å². The van der Waals surface area contributed by atoms with Crippen LogP contribution in [0.3, 0.4) is 0 Å². The summed E-state index contributed by atoms with van der Waals surface area (Å²) in [5.41, 5.74) is 1.85. The molecule has 0 unspecified atom stereocenters. The van der Waals surface area contributed by atoms with Crippen LogP contribution in [0.2, 0.25) is 0 Å².